The van der Waals surface area contributed by atoms with Gasteiger partial charge in [-0.25, -0.2) is 0 Å². The summed E-state index contributed by atoms with van der Waals surface area (Å²) in [5.74, 6) is 0.489. The van der Waals surface area contributed by atoms with Crippen LogP contribution >= 0.6 is 0 Å². The third-order valence-corrected chi connectivity index (χ3v) is 4.77. The minimum Gasteiger partial charge on any atom is -0.484 e. The Bertz CT molecular complexity index is 611. The molecule has 0 bridgehead atoms. The highest BCUT2D eigenvalue weighted by atomic mass is 16.5. The van der Waals surface area contributed by atoms with Gasteiger partial charge in [0.25, 0.3) is 11.8 Å². The maximum atomic E-state index is 12.7. The van der Waals surface area contributed by atoms with Crippen molar-refractivity contribution in [2.45, 2.75) is 58.5 Å². The molecule has 0 radical (unpaired) electrons. The maximum absolute atomic E-state index is 12.7. The second-order valence-electron chi connectivity index (χ2n) is 7.18. The smallest absolute Gasteiger partial charge is 0.260 e. The Labute approximate surface area is 162 Å². The van der Waals surface area contributed by atoms with Crippen LogP contribution in [0.1, 0.15) is 52.9 Å². The summed E-state index contributed by atoms with van der Waals surface area (Å²) in [4.78, 5) is 26.5. The molecule has 1 N–H and O–H groups in total. The molecule has 1 aromatic rings. The first-order chi connectivity index (χ1) is 13.0. The van der Waals surface area contributed by atoms with E-state index in [4.69, 9.17) is 9.47 Å². The molecule has 1 saturated heterocycles. The van der Waals surface area contributed by atoms with E-state index in [2.05, 4.69) is 5.32 Å². The molecule has 0 aromatic heterocycles. The van der Waals surface area contributed by atoms with Crippen molar-refractivity contribution in [3.8, 4) is 5.75 Å². The first-order valence-corrected chi connectivity index (χ1v) is 9.94. The summed E-state index contributed by atoms with van der Waals surface area (Å²) in [5.41, 5.74) is -0.150. The number of amides is 2. The lowest BCUT2D eigenvalue weighted by Crippen LogP contribution is -2.43. The monoisotopic (exact) mass is 376 g/mol. The Morgan fingerprint density at radius 3 is 2.37 bits per heavy atom. The molecule has 0 spiro atoms. The van der Waals surface area contributed by atoms with Crippen molar-refractivity contribution in [3.05, 3.63) is 24.3 Å². The van der Waals surface area contributed by atoms with Crippen LogP contribution in [0.2, 0.25) is 0 Å². The van der Waals surface area contributed by atoms with Crippen molar-refractivity contribution < 1.29 is 19.1 Å². The van der Waals surface area contributed by atoms with Crippen molar-refractivity contribution >= 4 is 17.5 Å². The van der Waals surface area contributed by atoms with Crippen LogP contribution in [-0.4, -0.2) is 48.6 Å². The second kappa shape index (κ2) is 10.3. The van der Waals surface area contributed by atoms with Gasteiger partial charge >= 0.3 is 0 Å². The highest BCUT2D eigenvalue weighted by Crippen LogP contribution is 2.22. The van der Waals surface area contributed by atoms with Gasteiger partial charge in [0, 0.05) is 25.4 Å². The van der Waals surface area contributed by atoms with Gasteiger partial charge in [0.05, 0.1) is 0 Å². The Hall–Kier alpha value is -2.08. The lowest BCUT2D eigenvalue weighted by atomic mass is 9.99. The molecule has 1 heterocycles. The zero-order valence-corrected chi connectivity index (χ0v) is 16.8. The Morgan fingerprint density at radius 1 is 1.11 bits per heavy atom. The van der Waals surface area contributed by atoms with Crippen molar-refractivity contribution in [1.82, 2.24) is 4.90 Å². The number of carbonyl (C=O) groups is 2. The van der Waals surface area contributed by atoms with Crippen LogP contribution in [0.3, 0.4) is 0 Å². The average Bonchev–Trinajstić information content (AvgIpc) is 3.20. The zero-order chi connectivity index (χ0) is 19.7. The van der Waals surface area contributed by atoms with Crippen LogP contribution in [0, 0.1) is 0 Å². The number of carbonyl (C=O) groups excluding carboxylic acids is 2. The van der Waals surface area contributed by atoms with E-state index in [9.17, 15) is 9.59 Å². The quantitative estimate of drug-likeness (QED) is 0.677. The largest absolute Gasteiger partial charge is 0.484 e. The lowest BCUT2D eigenvalue weighted by Gasteiger charge is -2.28. The first-order valence-electron chi connectivity index (χ1n) is 9.94. The SMILES string of the molecule is CCCOC(C)(CCC)C(=O)Nc1ccc(OCC(=O)N2CCCC2)cc1. The summed E-state index contributed by atoms with van der Waals surface area (Å²) in [6.07, 6.45) is 4.54. The number of nitrogens with one attached hydrogen (secondary N) is 1. The summed E-state index contributed by atoms with van der Waals surface area (Å²) in [6, 6.07) is 7.08. The Morgan fingerprint density at radius 2 is 1.78 bits per heavy atom. The van der Waals surface area contributed by atoms with Gasteiger partial charge in [-0.15, -0.1) is 0 Å². The van der Waals surface area contributed by atoms with Crippen molar-refractivity contribution in [2.75, 3.05) is 31.6 Å². The molecule has 150 valence electrons. The fourth-order valence-electron chi connectivity index (χ4n) is 3.16. The van der Waals surface area contributed by atoms with Gasteiger partial charge in [-0.05, 0) is 56.9 Å². The number of hydrogen-bond donors (Lipinski definition) is 1. The topological polar surface area (TPSA) is 67.9 Å². The standard InChI is InChI=1S/C21H32N2O4/c1-4-12-21(3,27-15-5-2)20(25)22-17-8-10-18(11-9-17)26-16-19(24)23-13-6-7-14-23/h8-11H,4-7,12-16H2,1-3H3,(H,22,25). The molecule has 6 heteroatoms. The molecular weight excluding hydrogens is 344 g/mol. The fraction of sp³-hybridized carbons (Fsp3) is 0.619. The van der Waals surface area contributed by atoms with Crippen LogP contribution < -0.4 is 10.1 Å². The van der Waals surface area contributed by atoms with Gasteiger partial charge in [0.1, 0.15) is 11.4 Å². The molecule has 1 aromatic carbocycles. The van der Waals surface area contributed by atoms with E-state index in [1.807, 2.05) is 25.7 Å². The zero-order valence-electron chi connectivity index (χ0n) is 16.8. The molecular formula is C21H32N2O4. The third-order valence-electron chi connectivity index (χ3n) is 4.77. The Kier molecular flexibility index (Phi) is 8.10. The molecule has 1 unspecified atom stereocenters. The lowest BCUT2D eigenvalue weighted by molar-refractivity contribution is -0.140. The second-order valence-corrected chi connectivity index (χ2v) is 7.18. The van der Waals surface area contributed by atoms with Gasteiger partial charge in [-0.2, -0.15) is 0 Å². The molecule has 1 aliphatic heterocycles. The molecule has 1 atom stereocenters. The van der Waals surface area contributed by atoms with E-state index in [1.165, 1.54) is 0 Å². The normalized spacial score (nSPS) is 16.0. The van der Waals surface area contributed by atoms with E-state index in [-0.39, 0.29) is 18.4 Å². The number of hydrogen-bond acceptors (Lipinski definition) is 4. The first kappa shape index (κ1) is 21.2. The van der Waals surface area contributed by atoms with E-state index in [0.717, 1.165) is 38.8 Å². The molecule has 2 amide bonds. The predicted molar refractivity (Wildman–Crippen MR) is 106 cm³/mol. The van der Waals surface area contributed by atoms with Crippen molar-refractivity contribution in [1.29, 1.82) is 0 Å². The molecule has 27 heavy (non-hydrogen) atoms. The van der Waals surface area contributed by atoms with Crippen LogP contribution in [0.5, 0.6) is 5.75 Å². The fourth-order valence-corrected chi connectivity index (χ4v) is 3.16. The van der Waals surface area contributed by atoms with Crippen LogP contribution in [0.25, 0.3) is 0 Å². The van der Waals surface area contributed by atoms with Crippen LogP contribution in [0.15, 0.2) is 24.3 Å². The summed E-state index contributed by atoms with van der Waals surface area (Å²) in [7, 11) is 0. The van der Waals surface area contributed by atoms with E-state index >= 15 is 0 Å². The summed E-state index contributed by atoms with van der Waals surface area (Å²) in [5, 5.41) is 2.92. The van der Waals surface area contributed by atoms with Crippen LogP contribution in [-0.2, 0) is 14.3 Å². The van der Waals surface area contributed by atoms with E-state index < -0.39 is 5.60 Å². The number of nitrogens with zero attached hydrogens (tertiary/aromatic N) is 1. The summed E-state index contributed by atoms with van der Waals surface area (Å²) in [6.45, 7) is 8.15. The molecule has 1 fully saturated rings. The Balaban J connectivity index is 1.88. The highest BCUT2D eigenvalue weighted by Gasteiger charge is 2.33. The van der Waals surface area contributed by atoms with Gasteiger partial charge in [0.2, 0.25) is 0 Å². The molecule has 1 aliphatic rings. The molecule has 2 rings (SSSR count). The molecule has 0 aliphatic carbocycles. The average molecular weight is 376 g/mol. The van der Waals surface area contributed by atoms with E-state index in [1.54, 1.807) is 24.3 Å². The minimum atomic E-state index is -0.831. The van der Waals surface area contributed by atoms with E-state index in [0.29, 0.717) is 24.5 Å². The van der Waals surface area contributed by atoms with Crippen LogP contribution in [0.4, 0.5) is 5.69 Å². The predicted octanol–water partition coefficient (Wildman–Crippen LogP) is 3.61. The molecule has 6 nitrogen and oxygen atoms in total. The van der Waals surface area contributed by atoms with Gasteiger partial charge in [0.15, 0.2) is 6.61 Å². The number of benzene rings is 1. The minimum absolute atomic E-state index is 0.0216. The molecule has 0 saturated carbocycles. The number of rotatable bonds is 10. The number of anilines is 1. The number of ether oxygens (including phenoxy) is 2. The van der Waals surface area contributed by atoms with Gasteiger partial charge in [-0.3, -0.25) is 9.59 Å². The van der Waals surface area contributed by atoms with Gasteiger partial charge in [-0.1, -0.05) is 20.3 Å². The summed E-state index contributed by atoms with van der Waals surface area (Å²) >= 11 is 0. The number of likely N-dealkylation sites (tertiary alicyclic amines) is 1. The van der Waals surface area contributed by atoms with Crippen molar-refractivity contribution in [2.24, 2.45) is 0 Å². The maximum Gasteiger partial charge on any atom is 0.260 e. The highest BCUT2D eigenvalue weighted by molar-refractivity contribution is 5.97. The van der Waals surface area contributed by atoms with Crippen molar-refractivity contribution in [3.63, 3.8) is 0 Å². The summed E-state index contributed by atoms with van der Waals surface area (Å²) < 4.78 is 11.4. The van der Waals surface area contributed by atoms with Gasteiger partial charge < -0.3 is 19.7 Å². The third kappa shape index (κ3) is 6.24.